The molecular formula is C24H27N3O3. The normalized spacial score (nSPS) is 22.8. The molecular weight excluding hydrogens is 378 g/mol. The summed E-state index contributed by atoms with van der Waals surface area (Å²) < 4.78 is 0. The fraction of sp³-hybridized carbons (Fsp3) is 0.375. The van der Waals surface area contributed by atoms with Crippen LogP contribution in [0.15, 0.2) is 54.6 Å². The van der Waals surface area contributed by atoms with Gasteiger partial charge in [-0.2, -0.15) is 0 Å². The highest BCUT2D eigenvalue weighted by Gasteiger charge is 2.47. The summed E-state index contributed by atoms with van der Waals surface area (Å²) in [6, 6.07) is 15.9. The van der Waals surface area contributed by atoms with Crippen LogP contribution in [0.3, 0.4) is 0 Å². The molecule has 156 valence electrons. The molecule has 0 bridgehead atoms. The first kappa shape index (κ1) is 20.1. The third kappa shape index (κ3) is 4.22. The van der Waals surface area contributed by atoms with Gasteiger partial charge in [-0.25, -0.2) is 0 Å². The first-order chi connectivity index (χ1) is 14.5. The molecule has 3 atom stereocenters. The molecule has 4 rings (SSSR count). The molecule has 0 spiro atoms. The second-order valence-corrected chi connectivity index (χ2v) is 8.19. The van der Waals surface area contributed by atoms with Gasteiger partial charge in [0.2, 0.25) is 11.8 Å². The van der Waals surface area contributed by atoms with Crippen LogP contribution in [0, 0.1) is 5.92 Å². The van der Waals surface area contributed by atoms with Gasteiger partial charge < -0.3 is 15.5 Å². The number of rotatable bonds is 4. The maximum atomic E-state index is 13.3. The van der Waals surface area contributed by atoms with Gasteiger partial charge >= 0.3 is 0 Å². The second kappa shape index (κ2) is 8.69. The first-order valence-electron chi connectivity index (χ1n) is 10.6. The summed E-state index contributed by atoms with van der Waals surface area (Å²) in [7, 11) is 0. The van der Waals surface area contributed by atoms with Gasteiger partial charge in [0.05, 0.1) is 0 Å². The highest BCUT2D eigenvalue weighted by atomic mass is 16.2. The van der Waals surface area contributed by atoms with Crippen LogP contribution in [0.5, 0.6) is 0 Å². The SMILES string of the molecule is CC(=O)Nc1ccc(NC(=O)C2CC3CCCCC3N2C(=O)c2ccccc2)cc1. The number of hydrogen-bond acceptors (Lipinski definition) is 3. The maximum absolute atomic E-state index is 13.3. The van der Waals surface area contributed by atoms with Crippen LogP contribution in [-0.4, -0.2) is 34.7 Å². The molecule has 2 fully saturated rings. The monoisotopic (exact) mass is 405 g/mol. The standard InChI is InChI=1S/C24H27N3O3/c1-16(28)25-19-11-13-20(14-12-19)26-23(29)22-15-18-9-5-6-10-21(18)27(22)24(30)17-7-3-2-4-8-17/h2-4,7-8,11-14,18,21-22H,5-6,9-10,15H2,1H3,(H,25,28)(H,26,29). The Balaban J connectivity index is 1.53. The molecule has 2 aliphatic rings. The van der Waals surface area contributed by atoms with Crippen molar-refractivity contribution in [2.75, 3.05) is 10.6 Å². The largest absolute Gasteiger partial charge is 0.326 e. The van der Waals surface area contributed by atoms with Crippen molar-refractivity contribution < 1.29 is 14.4 Å². The van der Waals surface area contributed by atoms with E-state index in [2.05, 4.69) is 10.6 Å². The summed E-state index contributed by atoms with van der Waals surface area (Å²) in [6.45, 7) is 1.45. The van der Waals surface area contributed by atoms with Crippen LogP contribution < -0.4 is 10.6 Å². The third-order valence-electron chi connectivity index (χ3n) is 6.12. The third-order valence-corrected chi connectivity index (χ3v) is 6.12. The topological polar surface area (TPSA) is 78.5 Å². The van der Waals surface area contributed by atoms with Crippen molar-refractivity contribution in [2.24, 2.45) is 5.92 Å². The quantitative estimate of drug-likeness (QED) is 0.805. The molecule has 30 heavy (non-hydrogen) atoms. The van der Waals surface area contributed by atoms with Crippen molar-refractivity contribution in [3.8, 4) is 0 Å². The molecule has 1 saturated carbocycles. The minimum atomic E-state index is -0.471. The van der Waals surface area contributed by atoms with Crippen LogP contribution in [-0.2, 0) is 9.59 Å². The van der Waals surface area contributed by atoms with Crippen molar-refractivity contribution in [1.82, 2.24) is 4.90 Å². The summed E-state index contributed by atoms with van der Waals surface area (Å²) in [5.74, 6) is 0.0202. The number of anilines is 2. The van der Waals surface area contributed by atoms with E-state index < -0.39 is 6.04 Å². The fourth-order valence-corrected chi connectivity index (χ4v) is 4.78. The van der Waals surface area contributed by atoms with Crippen molar-refractivity contribution in [3.05, 3.63) is 60.2 Å². The van der Waals surface area contributed by atoms with Crippen LogP contribution in [0.2, 0.25) is 0 Å². The van der Waals surface area contributed by atoms with Crippen molar-refractivity contribution in [2.45, 2.75) is 51.1 Å². The second-order valence-electron chi connectivity index (χ2n) is 8.19. The van der Waals surface area contributed by atoms with Gasteiger partial charge in [-0.1, -0.05) is 31.0 Å². The van der Waals surface area contributed by atoms with Gasteiger partial charge in [-0.3, -0.25) is 14.4 Å². The average Bonchev–Trinajstić information content (AvgIpc) is 3.14. The Bertz CT molecular complexity index is 926. The molecule has 0 radical (unpaired) electrons. The van der Waals surface area contributed by atoms with Crippen LogP contribution in [0.1, 0.15) is 49.4 Å². The van der Waals surface area contributed by atoms with Gasteiger partial charge in [-0.05, 0) is 61.6 Å². The summed E-state index contributed by atoms with van der Waals surface area (Å²) in [5, 5.41) is 5.67. The van der Waals surface area contributed by atoms with Crippen molar-refractivity contribution in [1.29, 1.82) is 0 Å². The molecule has 2 aromatic rings. The average molecular weight is 405 g/mol. The Hall–Kier alpha value is -3.15. The number of benzene rings is 2. The van der Waals surface area contributed by atoms with Gasteiger partial charge in [0.1, 0.15) is 6.04 Å². The highest BCUT2D eigenvalue weighted by Crippen LogP contribution is 2.40. The highest BCUT2D eigenvalue weighted by molar-refractivity contribution is 6.02. The number of amides is 3. The van der Waals surface area contributed by atoms with E-state index in [9.17, 15) is 14.4 Å². The fourth-order valence-electron chi connectivity index (χ4n) is 4.78. The van der Waals surface area contributed by atoms with E-state index in [1.54, 1.807) is 24.3 Å². The van der Waals surface area contributed by atoms with E-state index in [4.69, 9.17) is 0 Å². The maximum Gasteiger partial charge on any atom is 0.254 e. The molecule has 6 nitrogen and oxygen atoms in total. The molecule has 1 heterocycles. The zero-order valence-corrected chi connectivity index (χ0v) is 17.1. The molecule has 1 aliphatic heterocycles. The van der Waals surface area contributed by atoms with Crippen molar-refractivity contribution in [3.63, 3.8) is 0 Å². The van der Waals surface area contributed by atoms with Gasteiger partial charge in [0, 0.05) is 29.9 Å². The van der Waals surface area contributed by atoms with E-state index in [-0.39, 0.29) is 23.8 Å². The van der Waals surface area contributed by atoms with E-state index in [1.165, 1.54) is 6.92 Å². The van der Waals surface area contributed by atoms with Crippen molar-refractivity contribution >= 4 is 29.1 Å². The Labute approximate surface area is 176 Å². The van der Waals surface area contributed by atoms with E-state index in [0.29, 0.717) is 29.3 Å². The van der Waals surface area contributed by atoms with Crippen LogP contribution >= 0.6 is 0 Å². The minimum Gasteiger partial charge on any atom is -0.326 e. The minimum absolute atomic E-state index is 0.0637. The lowest BCUT2D eigenvalue weighted by Crippen LogP contribution is -2.47. The van der Waals surface area contributed by atoms with Gasteiger partial charge in [-0.15, -0.1) is 0 Å². The van der Waals surface area contributed by atoms with Gasteiger partial charge in [0.15, 0.2) is 0 Å². The summed E-state index contributed by atoms with van der Waals surface area (Å²) >= 11 is 0. The number of hydrogen-bond donors (Lipinski definition) is 2. The van der Waals surface area contributed by atoms with E-state index in [1.807, 2.05) is 35.2 Å². The van der Waals surface area contributed by atoms with Crippen LogP contribution in [0.4, 0.5) is 11.4 Å². The first-order valence-corrected chi connectivity index (χ1v) is 10.6. The van der Waals surface area contributed by atoms with E-state index >= 15 is 0 Å². The Kier molecular flexibility index (Phi) is 5.84. The molecule has 1 saturated heterocycles. The van der Waals surface area contributed by atoms with E-state index in [0.717, 1.165) is 25.7 Å². The Morgan fingerprint density at radius 1 is 0.867 bits per heavy atom. The number of nitrogens with one attached hydrogen (secondary N) is 2. The molecule has 3 unspecified atom stereocenters. The predicted octanol–water partition coefficient (Wildman–Crippen LogP) is 4.06. The zero-order valence-electron chi connectivity index (χ0n) is 17.1. The zero-order chi connectivity index (χ0) is 21.1. The molecule has 3 amide bonds. The lowest BCUT2D eigenvalue weighted by Gasteiger charge is -2.33. The van der Waals surface area contributed by atoms with Gasteiger partial charge in [0.25, 0.3) is 5.91 Å². The number of fused-ring (bicyclic) bond motifs is 1. The summed E-state index contributed by atoms with van der Waals surface area (Å²) in [5.41, 5.74) is 1.95. The lowest BCUT2D eigenvalue weighted by molar-refractivity contribution is -0.120. The smallest absolute Gasteiger partial charge is 0.254 e. The number of nitrogens with zero attached hydrogens (tertiary/aromatic N) is 1. The Morgan fingerprint density at radius 2 is 1.50 bits per heavy atom. The summed E-state index contributed by atoms with van der Waals surface area (Å²) in [6.07, 6.45) is 4.99. The summed E-state index contributed by atoms with van der Waals surface area (Å²) in [4.78, 5) is 39.5. The molecule has 2 aromatic carbocycles. The molecule has 0 aromatic heterocycles. The van der Waals surface area contributed by atoms with Crippen LogP contribution in [0.25, 0.3) is 0 Å². The predicted molar refractivity (Wildman–Crippen MR) is 116 cm³/mol. The molecule has 6 heteroatoms. The number of carbonyl (C=O) groups excluding carboxylic acids is 3. The molecule has 1 aliphatic carbocycles. The number of carbonyl (C=O) groups is 3. The Morgan fingerprint density at radius 3 is 2.17 bits per heavy atom. The lowest BCUT2D eigenvalue weighted by atomic mass is 9.84. The molecule has 2 N–H and O–H groups in total. The number of likely N-dealkylation sites (tertiary alicyclic amines) is 1.